The van der Waals surface area contributed by atoms with Crippen LogP contribution in [0.5, 0.6) is 0 Å². The number of hydrogen-bond donors (Lipinski definition) is 0. The van der Waals surface area contributed by atoms with Gasteiger partial charge in [-0.3, -0.25) is 9.59 Å². The summed E-state index contributed by atoms with van der Waals surface area (Å²) in [5.74, 6) is -0.270. The molecule has 2 aromatic carbocycles. The van der Waals surface area contributed by atoms with Crippen molar-refractivity contribution in [1.29, 1.82) is 0 Å². The Labute approximate surface area is 198 Å². The fourth-order valence-electron chi connectivity index (χ4n) is 4.02. The summed E-state index contributed by atoms with van der Waals surface area (Å²) in [4.78, 5) is 40.3. The van der Waals surface area contributed by atoms with Gasteiger partial charge < -0.3 is 14.5 Å². The third-order valence-electron chi connectivity index (χ3n) is 5.72. The highest BCUT2D eigenvalue weighted by Crippen LogP contribution is 2.22. The van der Waals surface area contributed by atoms with Crippen LogP contribution < -0.4 is 0 Å². The third kappa shape index (κ3) is 5.22. The molecule has 0 spiro atoms. The Morgan fingerprint density at radius 1 is 0.941 bits per heavy atom. The molecule has 8 nitrogen and oxygen atoms in total. The van der Waals surface area contributed by atoms with Crippen LogP contribution >= 0.6 is 0 Å². The van der Waals surface area contributed by atoms with Crippen LogP contribution in [0.4, 0.5) is 4.79 Å². The smallest absolute Gasteiger partial charge is 0.410 e. The molecule has 0 aliphatic carbocycles. The quantitative estimate of drug-likeness (QED) is 0.551. The Balaban J connectivity index is 1.50. The molecular formula is C26H28N4O4. The van der Waals surface area contributed by atoms with Gasteiger partial charge in [0.2, 0.25) is 0 Å². The number of fused-ring (bicyclic) bond motifs is 1. The lowest BCUT2D eigenvalue weighted by Gasteiger charge is -2.35. The van der Waals surface area contributed by atoms with Gasteiger partial charge in [-0.05, 0) is 48.7 Å². The van der Waals surface area contributed by atoms with Gasteiger partial charge in [-0.25, -0.2) is 4.79 Å². The minimum atomic E-state index is -0.569. The molecule has 1 aromatic heterocycles. The van der Waals surface area contributed by atoms with E-state index in [1.165, 1.54) is 0 Å². The number of carbonyl (C=O) groups is 3. The second-order valence-electron chi connectivity index (χ2n) is 9.33. The van der Waals surface area contributed by atoms with E-state index >= 15 is 0 Å². The number of piperazine rings is 1. The van der Waals surface area contributed by atoms with Gasteiger partial charge in [-0.1, -0.05) is 42.5 Å². The van der Waals surface area contributed by atoms with E-state index in [4.69, 9.17) is 4.74 Å². The Morgan fingerprint density at radius 2 is 1.62 bits per heavy atom. The van der Waals surface area contributed by atoms with E-state index < -0.39 is 5.60 Å². The van der Waals surface area contributed by atoms with Crippen molar-refractivity contribution in [3.05, 3.63) is 71.0 Å². The van der Waals surface area contributed by atoms with Crippen LogP contribution in [0.1, 0.15) is 52.9 Å². The SMILES string of the molecule is CC(C)(C)OC(=O)N1CCN(C(=O)c2cc(Cc3cccc4ccccc34)c(C=O)nn2)CC1. The summed E-state index contributed by atoms with van der Waals surface area (Å²) >= 11 is 0. The first-order valence-electron chi connectivity index (χ1n) is 11.3. The normalized spacial score (nSPS) is 14.2. The highest BCUT2D eigenvalue weighted by molar-refractivity contribution is 5.93. The Bertz CT molecular complexity index is 1220. The van der Waals surface area contributed by atoms with Crippen LogP contribution in [0.2, 0.25) is 0 Å². The zero-order valence-corrected chi connectivity index (χ0v) is 19.7. The number of amides is 2. The van der Waals surface area contributed by atoms with Crippen molar-refractivity contribution in [2.75, 3.05) is 26.2 Å². The number of rotatable bonds is 4. The van der Waals surface area contributed by atoms with Gasteiger partial charge in [0.15, 0.2) is 12.0 Å². The van der Waals surface area contributed by atoms with E-state index in [-0.39, 0.29) is 23.4 Å². The van der Waals surface area contributed by atoms with Crippen LogP contribution in [0, 0.1) is 0 Å². The molecule has 2 heterocycles. The van der Waals surface area contributed by atoms with E-state index in [9.17, 15) is 14.4 Å². The third-order valence-corrected chi connectivity index (χ3v) is 5.72. The van der Waals surface area contributed by atoms with Gasteiger partial charge in [-0.15, -0.1) is 10.2 Å². The van der Waals surface area contributed by atoms with Crippen LogP contribution in [-0.2, 0) is 11.2 Å². The summed E-state index contributed by atoms with van der Waals surface area (Å²) in [5, 5.41) is 10.2. The van der Waals surface area contributed by atoms with E-state index in [1.807, 2.05) is 63.2 Å². The van der Waals surface area contributed by atoms with Crippen molar-refractivity contribution >= 4 is 29.1 Å². The van der Waals surface area contributed by atoms with E-state index in [1.54, 1.807) is 15.9 Å². The van der Waals surface area contributed by atoms with Crippen LogP contribution in [0.3, 0.4) is 0 Å². The van der Waals surface area contributed by atoms with Crippen molar-refractivity contribution in [2.24, 2.45) is 0 Å². The Morgan fingerprint density at radius 3 is 2.32 bits per heavy atom. The lowest BCUT2D eigenvalue weighted by molar-refractivity contribution is 0.0140. The van der Waals surface area contributed by atoms with Crippen molar-refractivity contribution in [3.63, 3.8) is 0 Å². The standard InChI is InChI=1S/C26H28N4O4/c1-26(2,3)34-25(33)30-13-11-29(12-14-30)24(32)22-16-20(23(17-31)28-27-22)15-19-9-6-8-18-7-4-5-10-21(18)19/h4-10,16-17H,11-15H2,1-3H3. The first-order valence-corrected chi connectivity index (χ1v) is 11.3. The first kappa shape index (κ1) is 23.4. The molecule has 1 aliphatic rings. The fraction of sp³-hybridized carbons (Fsp3) is 0.346. The Kier molecular flexibility index (Phi) is 6.58. The average Bonchev–Trinajstić information content (AvgIpc) is 2.83. The molecule has 1 aliphatic heterocycles. The predicted molar refractivity (Wildman–Crippen MR) is 128 cm³/mol. The molecule has 0 bridgehead atoms. The molecule has 1 saturated heterocycles. The van der Waals surface area contributed by atoms with E-state index in [0.717, 1.165) is 16.3 Å². The lowest BCUT2D eigenvalue weighted by Crippen LogP contribution is -2.51. The molecule has 0 atom stereocenters. The Hall–Kier alpha value is -3.81. The van der Waals surface area contributed by atoms with Gasteiger partial charge >= 0.3 is 6.09 Å². The largest absolute Gasteiger partial charge is 0.444 e. The number of aldehydes is 1. The summed E-state index contributed by atoms with van der Waals surface area (Å²) in [5.41, 5.74) is 1.53. The number of carbonyl (C=O) groups excluding carboxylic acids is 3. The molecule has 34 heavy (non-hydrogen) atoms. The second kappa shape index (κ2) is 9.59. The number of nitrogens with zero attached hydrogens (tertiary/aromatic N) is 4. The van der Waals surface area contributed by atoms with Gasteiger partial charge in [-0.2, -0.15) is 0 Å². The number of hydrogen-bond acceptors (Lipinski definition) is 6. The zero-order valence-electron chi connectivity index (χ0n) is 19.7. The van der Waals surface area contributed by atoms with Crippen LogP contribution in [-0.4, -0.2) is 70.1 Å². The monoisotopic (exact) mass is 460 g/mol. The maximum atomic E-state index is 13.1. The molecule has 8 heteroatoms. The number of aromatic nitrogens is 2. The summed E-state index contributed by atoms with van der Waals surface area (Å²) in [6, 6.07) is 15.7. The molecule has 0 saturated carbocycles. The van der Waals surface area contributed by atoms with Crippen LogP contribution in [0.15, 0.2) is 48.5 Å². The van der Waals surface area contributed by atoms with Gasteiger partial charge in [0.25, 0.3) is 5.91 Å². The predicted octanol–water partition coefficient (Wildman–Crippen LogP) is 3.73. The van der Waals surface area contributed by atoms with Crippen molar-refractivity contribution in [3.8, 4) is 0 Å². The summed E-state index contributed by atoms with van der Waals surface area (Å²) in [6.07, 6.45) is 0.742. The van der Waals surface area contributed by atoms with Crippen molar-refractivity contribution < 1.29 is 19.1 Å². The summed E-state index contributed by atoms with van der Waals surface area (Å²) in [6.45, 7) is 6.96. The fourth-order valence-corrected chi connectivity index (χ4v) is 4.02. The molecule has 3 aromatic rings. The first-order chi connectivity index (χ1) is 16.2. The lowest BCUT2D eigenvalue weighted by atomic mass is 9.97. The summed E-state index contributed by atoms with van der Waals surface area (Å²) in [7, 11) is 0. The molecule has 0 unspecified atom stereocenters. The van der Waals surface area contributed by atoms with E-state index in [2.05, 4.69) is 10.2 Å². The van der Waals surface area contributed by atoms with E-state index in [0.29, 0.717) is 44.4 Å². The number of benzene rings is 2. The zero-order chi connectivity index (χ0) is 24.3. The van der Waals surface area contributed by atoms with Gasteiger partial charge in [0, 0.05) is 32.6 Å². The topological polar surface area (TPSA) is 92.7 Å². The highest BCUT2D eigenvalue weighted by Gasteiger charge is 2.29. The minimum absolute atomic E-state index is 0.187. The van der Waals surface area contributed by atoms with Gasteiger partial charge in [0.1, 0.15) is 11.3 Å². The molecule has 176 valence electrons. The maximum absolute atomic E-state index is 13.1. The summed E-state index contributed by atoms with van der Waals surface area (Å²) < 4.78 is 5.41. The maximum Gasteiger partial charge on any atom is 0.410 e. The van der Waals surface area contributed by atoms with Crippen LogP contribution in [0.25, 0.3) is 10.8 Å². The van der Waals surface area contributed by atoms with Crippen molar-refractivity contribution in [1.82, 2.24) is 20.0 Å². The molecular weight excluding hydrogens is 432 g/mol. The van der Waals surface area contributed by atoms with Gasteiger partial charge in [0.05, 0.1) is 0 Å². The minimum Gasteiger partial charge on any atom is -0.444 e. The average molecular weight is 461 g/mol. The second-order valence-corrected chi connectivity index (χ2v) is 9.33. The molecule has 2 amide bonds. The number of ether oxygens (including phenoxy) is 1. The van der Waals surface area contributed by atoms with Crippen molar-refractivity contribution in [2.45, 2.75) is 32.8 Å². The molecule has 4 rings (SSSR count). The highest BCUT2D eigenvalue weighted by atomic mass is 16.6. The molecule has 0 radical (unpaired) electrons. The molecule has 0 N–H and O–H groups in total. The molecule has 1 fully saturated rings.